The van der Waals surface area contributed by atoms with Crippen LogP contribution in [0.1, 0.15) is 24.5 Å². The second-order valence-corrected chi connectivity index (χ2v) is 4.36. The third-order valence-corrected chi connectivity index (χ3v) is 3.12. The van der Waals surface area contributed by atoms with E-state index in [1.807, 2.05) is 12.1 Å². The maximum absolute atomic E-state index is 10.5. The molecular formula is C12H15BrO3. The summed E-state index contributed by atoms with van der Waals surface area (Å²) >= 11 is 3.48. The van der Waals surface area contributed by atoms with Crippen molar-refractivity contribution in [2.75, 3.05) is 7.11 Å². The number of ether oxygens (including phenoxy) is 1. The van der Waals surface area contributed by atoms with E-state index in [1.54, 1.807) is 7.11 Å². The van der Waals surface area contributed by atoms with Gasteiger partial charge in [0.05, 0.1) is 7.11 Å². The lowest BCUT2D eigenvalue weighted by molar-refractivity contribution is -0.136. The highest BCUT2D eigenvalue weighted by Crippen LogP contribution is 2.29. The first-order valence-corrected chi connectivity index (χ1v) is 5.94. The van der Waals surface area contributed by atoms with Crippen molar-refractivity contribution >= 4 is 21.9 Å². The molecule has 0 aliphatic rings. The van der Waals surface area contributed by atoms with E-state index in [0.717, 1.165) is 27.8 Å². The second-order valence-electron chi connectivity index (χ2n) is 3.51. The van der Waals surface area contributed by atoms with Gasteiger partial charge in [-0.15, -0.1) is 0 Å². The third-order valence-electron chi connectivity index (χ3n) is 2.42. The molecule has 0 aromatic heterocycles. The number of benzene rings is 1. The van der Waals surface area contributed by atoms with Crippen molar-refractivity contribution in [1.29, 1.82) is 0 Å². The summed E-state index contributed by atoms with van der Waals surface area (Å²) in [6.45, 7) is 2.06. The van der Waals surface area contributed by atoms with Gasteiger partial charge in [-0.3, -0.25) is 4.79 Å². The van der Waals surface area contributed by atoms with Crippen molar-refractivity contribution in [3.05, 3.63) is 27.7 Å². The van der Waals surface area contributed by atoms with Crippen molar-refractivity contribution in [2.45, 2.75) is 26.2 Å². The van der Waals surface area contributed by atoms with Crippen LogP contribution in [0.4, 0.5) is 0 Å². The highest BCUT2D eigenvalue weighted by molar-refractivity contribution is 9.10. The Morgan fingerprint density at radius 3 is 2.69 bits per heavy atom. The van der Waals surface area contributed by atoms with E-state index in [4.69, 9.17) is 9.84 Å². The SMILES string of the molecule is CCc1c(Br)cc(CCC(=O)O)cc1OC. The van der Waals surface area contributed by atoms with Crippen LogP contribution < -0.4 is 4.74 Å². The Morgan fingerprint density at radius 2 is 2.19 bits per heavy atom. The Hall–Kier alpha value is -1.03. The Labute approximate surface area is 104 Å². The monoisotopic (exact) mass is 286 g/mol. The van der Waals surface area contributed by atoms with E-state index in [2.05, 4.69) is 22.9 Å². The number of hydrogen-bond acceptors (Lipinski definition) is 2. The van der Waals surface area contributed by atoms with Crippen molar-refractivity contribution in [3.63, 3.8) is 0 Å². The normalized spacial score (nSPS) is 10.2. The Kier molecular flexibility index (Phi) is 4.80. The predicted molar refractivity (Wildman–Crippen MR) is 66.0 cm³/mol. The summed E-state index contributed by atoms with van der Waals surface area (Å²) in [4.78, 5) is 10.5. The van der Waals surface area contributed by atoms with E-state index < -0.39 is 5.97 Å². The quantitative estimate of drug-likeness (QED) is 0.905. The van der Waals surface area contributed by atoms with Gasteiger partial charge in [0.2, 0.25) is 0 Å². The highest BCUT2D eigenvalue weighted by atomic mass is 79.9. The van der Waals surface area contributed by atoms with E-state index in [1.165, 1.54) is 0 Å². The molecule has 0 atom stereocenters. The molecule has 3 nitrogen and oxygen atoms in total. The lowest BCUT2D eigenvalue weighted by atomic mass is 10.0. The summed E-state index contributed by atoms with van der Waals surface area (Å²) in [7, 11) is 1.63. The number of carboxylic acids is 1. The number of carbonyl (C=O) groups is 1. The van der Waals surface area contributed by atoms with E-state index in [0.29, 0.717) is 6.42 Å². The molecule has 0 aliphatic carbocycles. The summed E-state index contributed by atoms with van der Waals surface area (Å²) in [5.74, 6) is 0.0342. The fraction of sp³-hybridized carbons (Fsp3) is 0.417. The van der Waals surface area contributed by atoms with Crippen molar-refractivity contribution in [1.82, 2.24) is 0 Å². The molecule has 1 aromatic rings. The summed E-state index contributed by atoms with van der Waals surface area (Å²) in [5, 5.41) is 8.63. The fourth-order valence-corrected chi connectivity index (χ4v) is 2.36. The van der Waals surface area contributed by atoms with Crippen LogP contribution in [-0.4, -0.2) is 18.2 Å². The molecular weight excluding hydrogens is 272 g/mol. The lowest BCUT2D eigenvalue weighted by Gasteiger charge is -2.11. The smallest absolute Gasteiger partial charge is 0.303 e. The molecule has 0 saturated carbocycles. The standard InChI is InChI=1S/C12H15BrO3/c1-3-9-10(13)6-8(4-5-12(14)15)7-11(9)16-2/h6-7H,3-5H2,1-2H3,(H,14,15). The average Bonchev–Trinajstić information content (AvgIpc) is 2.25. The molecule has 0 bridgehead atoms. The minimum atomic E-state index is -0.783. The van der Waals surface area contributed by atoms with Crippen molar-refractivity contribution < 1.29 is 14.6 Å². The van der Waals surface area contributed by atoms with Gasteiger partial charge in [-0.2, -0.15) is 0 Å². The molecule has 1 aromatic carbocycles. The molecule has 0 heterocycles. The molecule has 1 N–H and O–H groups in total. The van der Waals surface area contributed by atoms with Gasteiger partial charge in [0.1, 0.15) is 5.75 Å². The first-order chi connectivity index (χ1) is 7.58. The maximum Gasteiger partial charge on any atom is 0.303 e. The van der Waals surface area contributed by atoms with Crippen molar-refractivity contribution in [2.24, 2.45) is 0 Å². The maximum atomic E-state index is 10.5. The second kappa shape index (κ2) is 5.89. The average molecular weight is 287 g/mol. The Balaban J connectivity index is 2.96. The zero-order chi connectivity index (χ0) is 12.1. The molecule has 0 saturated heterocycles. The van der Waals surface area contributed by atoms with Gasteiger partial charge in [0.25, 0.3) is 0 Å². The van der Waals surface area contributed by atoms with Gasteiger partial charge in [0, 0.05) is 16.5 Å². The van der Waals surface area contributed by atoms with Gasteiger partial charge >= 0.3 is 5.97 Å². The van der Waals surface area contributed by atoms with Crippen LogP contribution in [0, 0.1) is 0 Å². The first-order valence-electron chi connectivity index (χ1n) is 5.15. The first kappa shape index (κ1) is 13.0. The molecule has 0 spiro atoms. The van der Waals surface area contributed by atoms with E-state index in [-0.39, 0.29) is 6.42 Å². The number of hydrogen-bond donors (Lipinski definition) is 1. The predicted octanol–water partition coefficient (Wildman–Crippen LogP) is 3.04. The van der Waals surface area contributed by atoms with Gasteiger partial charge in [-0.05, 0) is 30.5 Å². The molecule has 1 rings (SSSR count). The van der Waals surface area contributed by atoms with Gasteiger partial charge < -0.3 is 9.84 Å². The molecule has 0 fully saturated rings. The minimum Gasteiger partial charge on any atom is -0.496 e. The largest absolute Gasteiger partial charge is 0.496 e. The van der Waals surface area contributed by atoms with Crippen LogP contribution in [0.3, 0.4) is 0 Å². The summed E-state index contributed by atoms with van der Waals surface area (Å²) < 4.78 is 6.27. The Bertz CT molecular complexity index is 388. The zero-order valence-corrected chi connectivity index (χ0v) is 11.0. The Morgan fingerprint density at radius 1 is 1.50 bits per heavy atom. The fourth-order valence-electron chi connectivity index (χ4n) is 1.59. The van der Waals surface area contributed by atoms with E-state index >= 15 is 0 Å². The summed E-state index contributed by atoms with van der Waals surface area (Å²) in [5.41, 5.74) is 2.09. The van der Waals surface area contributed by atoms with Crippen LogP contribution in [-0.2, 0) is 17.6 Å². The summed E-state index contributed by atoms with van der Waals surface area (Å²) in [6.07, 6.45) is 1.54. The molecule has 0 unspecified atom stereocenters. The van der Waals surface area contributed by atoms with Crippen LogP contribution >= 0.6 is 15.9 Å². The van der Waals surface area contributed by atoms with Crippen LogP contribution in [0.15, 0.2) is 16.6 Å². The molecule has 0 radical (unpaired) electrons. The zero-order valence-electron chi connectivity index (χ0n) is 9.42. The number of aliphatic carboxylic acids is 1. The summed E-state index contributed by atoms with van der Waals surface area (Å²) in [6, 6.07) is 3.87. The highest BCUT2D eigenvalue weighted by Gasteiger charge is 2.09. The molecule has 88 valence electrons. The number of halogens is 1. The van der Waals surface area contributed by atoms with E-state index in [9.17, 15) is 4.79 Å². The molecule has 16 heavy (non-hydrogen) atoms. The number of aryl methyl sites for hydroxylation is 1. The van der Waals surface area contributed by atoms with Gasteiger partial charge in [0.15, 0.2) is 0 Å². The minimum absolute atomic E-state index is 0.140. The van der Waals surface area contributed by atoms with Crippen molar-refractivity contribution in [3.8, 4) is 5.75 Å². The van der Waals surface area contributed by atoms with Gasteiger partial charge in [-0.1, -0.05) is 22.9 Å². The topological polar surface area (TPSA) is 46.5 Å². The molecule has 4 heteroatoms. The molecule has 0 aliphatic heterocycles. The van der Waals surface area contributed by atoms with Crippen LogP contribution in [0.25, 0.3) is 0 Å². The van der Waals surface area contributed by atoms with Crippen LogP contribution in [0.5, 0.6) is 5.75 Å². The number of rotatable bonds is 5. The van der Waals surface area contributed by atoms with Crippen LogP contribution in [0.2, 0.25) is 0 Å². The van der Waals surface area contributed by atoms with Gasteiger partial charge in [-0.25, -0.2) is 0 Å². The lowest BCUT2D eigenvalue weighted by Crippen LogP contribution is -1.99. The third kappa shape index (κ3) is 3.23. The number of carboxylic acid groups (broad SMARTS) is 1. The number of methoxy groups -OCH3 is 1. The molecule has 0 amide bonds.